The number of nitrogens with one attached hydrogen (secondary N) is 1. The van der Waals surface area contributed by atoms with Gasteiger partial charge in [-0.3, -0.25) is 0 Å². The Bertz CT molecular complexity index is 534. The summed E-state index contributed by atoms with van der Waals surface area (Å²) in [5.74, 6) is 0.870. The molecular weight excluding hydrogens is 260 g/mol. The number of anilines is 1. The molecule has 0 aliphatic heterocycles. The van der Waals surface area contributed by atoms with E-state index in [0.29, 0.717) is 6.61 Å². The van der Waals surface area contributed by atoms with Crippen molar-refractivity contribution >= 4 is 17.3 Å². The monoisotopic (exact) mass is 280 g/mol. The van der Waals surface area contributed by atoms with Gasteiger partial charge >= 0.3 is 0 Å². The number of aryl methyl sites for hydroxylation is 2. The van der Waals surface area contributed by atoms with Gasteiger partial charge in [0.25, 0.3) is 0 Å². The summed E-state index contributed by atoms with van der Waals surface area (Å²) >= 11 is 1.71. The Morgan fingerprint density at radius 1 is 1.47 bits per heavy atom. The third kappa shape index (κ3) is 3.54. The second-order valence-electron chi connectivity index (χ2n) is 4.57. The molecule has 0 spiro atoms. The lowest BCUT2D eigenvalue weighted by Crippen LogP contribution is -2.13. The maximum atomic E-state index is 5.12. The fraction of sp³-hybridized carbons (Fsp3) is 0.538. The first-order valence-electron chi connectivity index (χ1n) is 6.31. The molecule has 2 aromatic heterocycles. The van der Waals surface area contributed by atoms with Crippen molar-refractivity contribution in [2.45, 2.75) is 33.4 Å². The summed E-state index contributed by atoms with van der Waals surface area (Å²) in [6, 6.07) is 0.154. The highest BCUT2D eigenvalue weighted by Gasteiger charge is 2.13. The predicted molar refractivity (Wildman–Crippen MR) is 77.7 cm³/mol. The molecule has 1 unspecified atom stereocenters. The number of imidazole rings is 1. The van der Waals surface area contributed by atoms with Crippen molar-refractivity contribution in [3.63, 3.8) is 0 Å². The highest BCUT2D eigenvalue weighted by atomic mass is 32.1. The average Bonchev–Trinajstić information content (AvgIpc) is 2.93. The predicted octanol–water partition coefficient (Wildman–Crippen LogP) is 2.78. The van der Waals surface area contributed by atoms with Crippen LogP contribution < -0.4 is 5.32 Å². The molecule has 1 atom stereocenters. The van der Waals surface area contributed by atoms with Crippen molar-refractivity contribution in [3.8, 4) is 0 Å². The van der Waals surface area contributed by atoms with Gasteiger partial charge in [0.05, 0.1) is 18.3 Å². The molecule has 2 heterocycles. The molecule has 0 aromatic carbocycles. The summed E-state index contributed by atoms with van der Waals surface area (Å²) in [6.07, 6.45) is 3.93. The first-order chi connectivity index (χ1) is 9.10. The highest BCUT2D eigenvalue weighted by Crippen LogP contribution is 2.23. The topological polar surface area (TPSA) is 52.0 Å². The second kappa shape index (κ2) is 6.16. The van der Waals surface area contributed by atoms with E-state index in [1.165, 1.54) is 4.88 Å². The second-order valence-corrected chi connectivity index (χ2v) is 5.83. The van der Waals surface area contributed by atoms with Crippen LogP contribution in [0.1, 0.15) is 28.5 Å². The standard InChI is InChI=1S/C13H20N4OS/c1-9-8-17(5-6-18-4)13(15-9)16-11(3)12-14-7-10(2)19-12/h7-8,11H,5-6H2,1-4H3,(H,15,16). The molecule has 1 N–H and O–H groups in total. The molecular formula is C13H20N4OS. The van der Waals surface area contributed by atoms with Crippen molar-refractivity contribution in [3.05, 3.63) is 28.0 Å². The Hall–Kier alpha value is -1.40. The zero-order chi connectivity index (χ0) is 13.8. The molecule has 0 aliphatic rings. The molecule has 0 aliphatic carbocycles. The minimum Gasteiger partial charge on any atom is -0.383 e. The molecule has 2 rings (SSSR count). The number of nitrogens with zero attached hydrogens (tertiary/aromatic N) is 3. The zero-order valence-corrected chi connectivity index (χ0v) is 12.6. The van der Waals surface area contributed by atoms with Crippen LogP contribution in [0.4, 0.5) is 5.95 Å². The summed E-state index contributed by atoms with van der Waals surface area (Å²) in [4.78, 5) is 10.1. The Kier molecular flexibility index (Phi) is 4.55. The van der Waals surface area contributed by atoms with Gasteiger partial charge in [-0.1, -0.05) is 0 Å². The van der Waals surface area contributed by atoms with Gasteiger partial charge < -0.3 is 14.6 Å². The van der Waals surface area contributed by atoms with Crippen LogP contribution in [0, 0.1) is 13.8 Å². The Morgan fingerprint density at radius 3 is 2.89 bits per heavy atom. The van der Waals surface area contributed by atoms with Crippen LogP contribution in [-0.2, 0) is 11.3 Å². The number of thiazole rings is 1. The number of hydrogen-bond acceptors (Lipinski definition) is 5. The molecule has 0 bridgehead atoms. The average molecular weight is 280 g/mol. The number of ether oxygens (including phenoxy) is 1. The summed E-state index contributed by atoms with van der Waals surface area (Å²) in [5, 5.41) is 4.49. The van der Waals surface area contributed by atoms with Gasteiger partial charge in [0, 0.05) is 30.9 Å². The SMILES string of the molecule is COCCn1cc(C)nc1NC(C)c1ncc(C)s1. The molecule has 0 saturated carbocycles. The quantitative estimate of drug-likeness (QED) is 0.884. The smallest absolute Gasteiger partial charge is 0.203 e. The van der Waals surface area contributed by atoms with E-state index >= 15 is 0 Å². The third-order valence-corrected chi connectivity index (χ3v) is 3.88. The maximum Gasteiger partial charge on any atom is 0.203 e. The van der Waals surface area contributed by atoms with Crippen molar-refractivity contribution < 1.29 is 4.74 Å². The molecule has 104 valence electrons. The fourth-order valence-corrected chi connectivity index (χ4v) is 2.63. The molecule has 5 nitrogen and oxygen atoms in total. The van der Waals surface area contributed by atoms with Gasteiger partial charge in [-0.05, 0) is 20.8 Å². The van der Waals surface area contributed by atoms with Crippen molar-refractivity contribution in [2.24, 2.45) is 0 Å². The minimum absolute atomic E-state index is 0.154. The van der Waals surface area contributed by atoms with E-state index in [4.69, 9.17) is 4.74 Å². The maximum absolute atomic E-state index is 5.12. The number of hydrogen-bond donors (Lipinski definition) is 1. The normalized spacial score (nSPS) is 12.6. The van der Waals surface area contributed by atoms with Crippen molar-refractivity contribution in [1.29, 1.82) is 0 Å². The molecule has 0 radical (unpaired) electrons. The van der Waals surface area contributed by atoms with Crippen molar-refractivity contribution in [2.75, 3.05) is 19.0 Å². The minimum atomic E-state index is 0.154. The van der Waals surface area contributed by atoms with E-state index in [9.17, 15) is 0 Å². The molecule has 0 saturated heterocycles. The van der Waals surface area contributed by atoms with Gasteiger partial charge in [0.15, 0.2) is 0 Å². The van der Waals surface area contributed by atoms with Gasteiger partial charge in [-0.2, -0.15) is 0 Å². The lowest BCUT2D eigenvalue weighted by Gasteiger charge is -2.13. The first-order valence-corrected chi connectivity index (χ1v) is 7.13. The van der Waals surface area contributed by atoms with Crippen LogP contribution >= 0.6 is 11.3 Å². The summed E-state index contributed by atoms with van der Waals surface area (Å²) in [5.41, 5.74) is 1.00. The Morgan fingerprint density at radius 2 is 2.26 bits per heavy atom. The summed E-state index contributed by atoms with van der Waals surface area (Å²) < 4.78 is 7.20. The van der Waals surface area contributed by atoms with Gasteiger partial charge in [-0.15, -0.1) is 11.3 Å². The van der Waals surface area contributed by atoms with E-state index < -0.39 is 0 Å². The summed E-state index contributed by atoms with van der Waals surface area (Å²) in [7, 11) is 1.71. The highest BCUT2D eigenvalue weighted by molar-refractivity contribution is 7.11. The van der Waals surface area contributed by atoms with E-state index in [2.05, 4.69) is 33.7 Å². The molecule has 0 amide bonds. The molecule has 19 heavy (non-hydrogen) atoms. The lowest BCUT2D eigenvalue weighted by atomic mass is 10.3. The van der Waals surface area contributed by atoms with Crippen LogP contribution in [0.25, 0.3) is 0 Å². The molecule has 2 aromatic rings. The van der Waals surface area contributed by atoms with E-state index in [-0.39, 0.29) is 6.04 Å². The van der Waals surface area contributed by atoms with Gasteiger partial charge in [0.2, 0.25) is 5.95 Å². The van der Waals surface area contributed by atoms with Crippen LogP contribution in [0.2, 0.25) is 0 Å². The molecule has 6 heteroatoms. The van der Waals surface area contributed by atoms with E-state index in [0.717, 1.165) is 23.2 Å². The van der Waals surface area contributed by atoms with Crippen LogP contribution in [-0.4, -0.2) is 28.3 Å². The lowest BCUT2D eigenvalue weighted by molar-refractivity contribution is 0.187. The number of methoxy groups -OCH3 is 1. The fourth-order valence-electron chi connectivity index (χ4n) is 1.85. The van der Waals surface area contributed by atoms with Crippen LogP contribution in [0.5, 0.6) is 0 Å². The van der Waals surface area contributed by atoms with Crippen LogP contribution in [0.3, 0.4) is 0 Å². The largest absolute Gasteiger partial charge is 0.383 e. The van der Waals surface area contributed by atoms with Gasteiger partial charge in [0.1, 0.15) is 5.01 Å². The van der Waals surface area contributed by atoms with E-state index in [1.54, 1.807) is 18.4 Å². The zero-order valence-electron chi connectivity index (χ0n) is 11.8. The Labute approximate surface area is 117 Å². The third-order valence-electron chi connectivity index (χ3n) is 2.79. The number of aromatic nitrogens is 3. The van der Waals surface area contributed by atoms with Crippen molar-refractivity contribution in [1.82, 2.24) is 14.5 Å². The van der Waals surface area contributed by atoms with Crippen LogP contribution in [0.15, 0.2) is 12.4 Å². The molecule has 0 fully saturated rings. The Balaban J connectivity index is 2.09. The summed E-state index contributed by atoms with van der Waals surface area (Å²) in [6.45, 7) is 7.63. The van der Waals surface area contributed by atoms with E-state index in [1.807, 2.05) is 19.3 Å². The van der Waals surface area contributed by atoms with Gasteiger partial charge in [-0.25, -0.2) is 9.97 Å². The number of rotatable bonds is 6. The first kappa shape index (κ1) is 14.0.